The van der Waals surface area contributed by atoms with Crippen molar-refractivity contribution in [1.82, 2.24) is 10.2 Å². The van der Waals surface area contributed by atoms with Gasteiger partial charge in [0.1, 0.15) is 12.6 Å². The highest BCUT2D eigenvalue weighted by Gasteiger charge is 2.32. The van der Waals surface area contributed by atoms with Crippen LogP contribution in [0.15, 0.2) is 48.5 Å². The van der Waals surface area contributed by atoms with Crippen molar-refractivity contribution in [1.29, 1.82) is 0 Å². The summed E-state index contributed by atoms with van der Waals surface area (Å²) >= 11 is 0. The first-order valence-corrected chi connectivity index (χ1v) is 11.1. The van der Waals surface area contributed by atoms with E-state index in [-0.39, 0.29) is 18.4 Å². The zero-order valence-electron chi connectivity index (χ0n) is 18.1. The Bertz CT molecular complexity index is 967. The quantitative estimate of drug-likeness (QED) is 0.721. The number of hydrogen-bond acceptors (Lipinski definition) is 4. The Morgan fingerprint density at radius 2 is 1.59 bits per heavy atom. The van der Waals surface area contributed by atoms with Gasteiger partial charge in [0.15, 0.2) is 0 Å². The number of nitrogens with one attached hydrogen (secondary N) is 1. The van der Waals surface area contributed by atoms with Crippen molar-refractivity contribution < 1.29 is 24.2 Å². The van der Waals surface area contributed by atoms with E-state index in [4.69, 9.17) is 4.74 Å². The maximum absolute atomic E-state index is 12.9. The number of carboxylic acid groups (broad SMARTS) is 1. The van der Waals surface area contributed by atoms with Gasteiger partial charge in [-0.05, 0) is 41.0 Å². The van der Waals surface area contributed by atoms with Crippen molar-refractivity contribution >= 4 is 18.0 Å². The Kier molecular flexibility index (Phi) is 6.44. The molecule has 0 unspecified atom stereocenters. The van der Waals surface area contributed by atoms with Crippen LogP contribution in [0.25, 0.3) is 11.1 Å². The minimum absolute atomic E-state index is 0.106. The van der Waals surface area contributed by atoms with E-state index in [1.54, 1.807) is 4.90 Å². The number of likely N-dealkylation sites (tertiary alicyclic amines) is 1. The Balaban J connectivity index is 1.42. The fraction of sp³-hybridized carbons (Fsp3) is 0.400. The predicted molar refractivity (Wildman–Crippen MR) is 119 cm³/mol. The number of rotatable bonds is 6. The number of amides is 2. The molecule has 2 N–H and O–H groups in total. The summed E-state index contributed by atoms with van der Waals surface area (Å²) in [5.41, 5.74) is 4.41. The van der Waals surface area contributed by atoms with Gasteiger partial charge in [0, 0.05) is 19.0 Å². The largest absolute Gasteiger partial charge is 0.481 e. The molecule has 0 spiro atoms. The number of ether oxygens (including phenoxy) is 1. The van der Waals surface area contributed by atoms with E-state index < -0.39 is 24.5 Å². The summed E-state index contributed by atoms with van der Waals surface area (Å²) in [5.74, 6) is -1.09. The van der Waals surface area contributed by atoms with Gasteiger partial charge in [-0.15, -0.1) is 0 Å². The molecule has 2 aromatic carbocycles. The van der Waals surface area contributed by atoms with Gasteiger partial charge in [-0.3, -0.25) is 9.59 Å². The van der Waals surface area contributed by atoms with Gasteiger partial charge in [-0.25, -0.2) is 4.79 Å². The van der Waals surface area contributed by atoms with Crippen LogP contribution in [0.3, 0.4) is 0 Å². The molecular formula is C25H28N2O5. The lowest BCUT2D eigenvalue weighted by molar-refractivity contribution is -0.143. The smallest absolute Gasteiger partial charge is 0.407 e. The van der Waals surface area contributed by atoms with E-state index in [0.29, 0.717) is 19.0 Å². The van der Waals surface area contributed by atoms with E-state index in [1.807, 2.05) is 36.4 Å². The van der Waals surface area contributed by atoms with Crippen molar-refractivity contribution in [2.24, 2.45) is 5.92 Å². The predicted octanol–water partition coefficient (Wildman–Crippen LogP) is 3.63. The zero-order valence-corrected chi connectivity index (χ0v) is 18.1. The van der Waals surface area contributed by atoms with Gasteiger partial charge in [0.2, 0.25) is 5.91 Å². The lowest BCUT2D eigenvalue weighted by atomic mass is 9.98. The van der Waals surface area contributed by atoms with Crippen LogP contribution < -0.4 is 5.32 Å². The molecule has 2 aromatic rings. The van der Waals surface area contributed by atoms with Crippen molar-refractivity contribution in [2.75, 3.05) is 19.7 Å². The van der Waals surface area contributed by atoms with Crippen LogP contribution in [0.1, 0.15) is 43.2 Å². The molecule has 0 radical (unpaired) electrons. The molecule has 168 valence electrons. The normalized spacial score (nSPS) is 16.7. The summed E-state index contributed by atoms with van der Waals surface area (Å²) in [6, 6.07) is 14.9. The monoisotopic (exact) mass is 436 g/mol. The number of carbonyl (C=O) groups excluding carboxylic acids is 2. The Labute approximate surface area is 187 Å². The number of carboxylic acids is 1. The summed E-state index contributed by atoms with van der Waals surface area (Å²) in [6.07, 6.45) is 0.485. The highest BCUT2D eigenvalue weighted by atomic mass is 16.5. The highest BCUT2D eigenvalue weighted by molar-refractivity contribution is 5.89. The minimum Gasteiger partial charge on any atom is -0.481 e. The zero-order chi connectivity index (χ0) is 22.7. The Morgan fingerprint density at radius 1 is 1.03 bits per heavy atom. The van der Waals surface area contributed by atoms with Gasteiger partial charge >= 0.3 is 12.1 Å². The van der Waals surface area contributed by atoms with Crippen molar-refractivity contribution in [3.63, 3.8) is 0 Å². The molecule has 32 heavy (non-hydrogen) atoms. The summed E-state index contributed by atoms with van der Waals surface area (Å²) in [4.78, 5) is 38.4. The second-order valence-electron chi connectivity index (χ2n) is 8.63. The number of alkyl carbamates (subject to hydrolysis) is 1. The first-order chi connectivity index (χ1) is 15.4. The third-order valence-corrected chi connectivity index (χ3v) is 6.41. The number of fused-ring (bicyclic) bond motifs is 3. The molecule has 2 aliphatic rings. The van der Waals surface area contributed by atoms with Crippen LogP contribution in [-0.4, -0.2) is 53.7 Å². The topological polar surface area (TPSA) is 95.9 Å². The molecule has 2 amide bonds. The molecule has 0 aromatic heterocycles. The Hall–Kier alpha value is -3.35. The highest BCUT2D eigenvalue weighted by Crippen LogP contribution is 2.44. The van der Waals surface area contributed by atoms with Crippen molar-refractivity contribution in [3.8, 4) is 11.1 Å². The SMILES string of the molecule is CC1CCN(C(=O)[C@H](CC(=O)O)NC(=O)OCC2c3ccccc3-c3ccccc32)CC1. The lowest BCUT2D eigenvalue weighted by Gasteiger charge is -2.32. The van der Waals surface area contributed by atoms with E-state index in [1.165, 1.54) is 0 Å². The molecule has 1 aliphatic heterocycles. The number of nitrogens with zero attached hydrogens (tertiary/aromatic N) is 1. The number of aliphatic carboxylic acids is 1. The molecule has 7 nitrogen and oxygen atoms in total. The standard InChI is InChI=1S/C25H28N2O5/c1-16-10-12-27(13-11-16)24(30)22(14-23(28)29)26-25(31)32-15-21-19-8-4-2-6-17(19)18-7-3-5-9-20(18)21/h2-9,16,21-22H,10-15H2,1H3,(H,26,31)(H,28,29)/t22-/m0/s1. The second kappa shape index (κ2) is 9.42. The van der Waals surface area contributed by atoms with Gasteiger partial charge in [-0.1, -0.05) is 55.5 Å². The van der Waals surface area contributed by atoms with Crippen molar-refractivity contribution in [3.05, 3.63) is 59.7 Å². The van der Waals surface area contributed by atoms with Crippen LogP contribution in [0.2, 0.25) is 0 Å². The summed E-state index contributed by atoms with van der Waals surface area (Å²) in [7, 11) is 0. The van der Waals surface area contributed by atoms with Crippen LogP contribution in [-0.2, 0) is 14.3 Å². The average Bonchev–Trinajstić information content (AvgIpc) is 3.11. The average molecular weight is 437 g/mol. The first kappa shape index (κ1) is 21.9. The van der Waals surface area contributed by atoms with Crippen LogP contribution in [0.5, 0.6) is 0 Å². The van der Waals surface area contributed by atoms with Crippen molar-refractivity contribution in [2.45, 2.75) is 38.1 Å². The molecule has 1 heterocycles. The lowest BCUT2D eigenvalue weighted by Crippen LogP contribution is -2.51. The van der Waals surface area contributed by atoms with Crippen LogP contribution in [0.4, 0.5) is 4.79 Å². The first-order valence-electron chi connectivity index (χ1n) is 11.1. The van der Waals surface area contributed by atoms with E-state index in [0.717, 1.165) is 35.1 Å². The summed E-state index contributed by atoms with van der Waals surface area (Å²) in [6.45, 7) is 3.38. The molecule has 1 saturated heterocycles. The minimum atomic E-state index is -1.15. The number of carbonyl (C=O) groups is 3. The molecule has 7 heteroatoms. The summed E-state index contributed by atoms with van der Waals surface area (Å²) < 4.78 is 5.49. The number of hydrogen-bond donors (Lipinski definition) is 2. The maximum atomic E-state index is 12.9. The Morgan fingerprint density at radius 3 is 2.16 bits per heavy atom. The fourth-order valence-electron chi connectivity index (χ4n) is 4.61. The molecular weight excluding hydrogens is 408 g/mol. The molecule has 0 bridgehead atoms. The molecule has 1 atom stereocenters. The van der Waals surface area contributed by atoms with Gasteiger partial charge in [0.25, 0.3) is 0 Å². The number of benzene rings is 2. The third kappa shape index (κ3) is 4.61. The maximum Gasteiger partial charge on any atom is 0.407 e. The fourth-order valence-corrected chi connectivity index (χ4v) is 4.61. The van der Waals surface area contributed by atoms with Crippen LogP contribution in [0, 0.1) is 5.92 Å². The molecule has 1 fully saturated rings. The van der Waals surface area contributed by atoms with E-state index in [2.05, 4.69) is 24.4 Å². The second-order valence-corrected chi connectivity index (χ2v) is 8.63. The molecule has 1 aliphatic carbocycles. The summed E-state index contributed by atoms with van der Waals surface area (Å²) in [5, 5.41) is 11.7. The van der Waals surface area contributed by atoms with E-state index >= 15 is 0 Å². The van der Waals surface area contributed by atoms with E-state index in [9.17, 15) is 19.5 Å². The third-order valence-electron chi connectivity index (χ3n) is 6.41. The molecule has 0 saturated carbocycles. The number of piperidine rings is 1. The van der Waals surface area contributed by atoms with Gasteiger partial charge in [0.05, 0.1) is 6.42 Å². The molecule has 4 rings (SSSR count). The van der Waals surface area contributed by atoms with Gasteiger partial charge < -0.3 is 20.1 Å². The van der Waals surface area contributed by atoms with Gasteiger partial charge in [-0.2, -0.15) is 0 Å². The van der Waals surface area contributed by atoms with Crippen LogP contribution >= 0.6 is 0 Å².